The molecule has 0 aliphatic rings. The van der Waals surface area contributed by atoms with Crippen molar-refractivity contribution in [3.63, 3.8) is 0 Å². The summed E-state index contributed by atoms with van der Waals surface area (Å²) in [4.78, 5) is 2.36. The van der Waals surface area contributed by atoms with Crippen LogP contribution in [0.4, 0.5) is 5.69 Å². The highest BCUT2D eigenvalue weighted by atomic mass is 15.1. The molecule has 1 aromatic carbocycles. The first-order valence-electron chi connectivity index (χ1n) is 6.11. The van der Waals surface area contributed by atoms with Crippen LogP contribution in [0.15, 0.2) is 24.3 Å². The number of benzene rings is 1. The lowest BCUT2D eigenvalue weighted by molar-refractivity contribution is 0.310. The first-order valence-corrected chi connectivity index (χ1v) is 6.11. The molecule has 0 spiro atoms. The Hall–Kier alpha value is -1.02. The maximum atomic E-state index is 5.76. The Labute approximate surface area is 99.5 Å². The fourth-order valence-electron chi connectivity index (χ4n) is 1.85. The third-order valence-corrected chi connectivity index (χ3v) is 2.72. The zero-order valence-electron chi connectivity index (χ0n) is 10.7. The van der Waals surface area contributed by atoms with E-state index in [9.17, 15) is 0 Å². The lowest BCUT2D eigenvalue weighted by atomic mass is 10.1. The van der Waals surface area contributed by atoms with E-state index in [1.54, 1.807) is 0 Å². The third kappa shape index (κ3) is 5.17. The maximum absolute atomic E-state index is 5.76. The number of nitrogens with two attached hydrogens (primary N) is 1. The van der Waals surface area contributed by atoms with E-state index >= 15 is 0 Å². The van der Waals surface area contributed by atoms with E-state index in [1.165, 1.54) is 18.4 Å². The summed E-state index contributed by atoms with van der Waals surface area (Å²) in [6, 6.07) is 8.14. The summed E-state index contributed by atoms with van der Waals surface area (Å²) < 4.78 is 0. The Kier molecular flexibility index (Phi) is 5.33. The SMILES string of the molecule is CC(C)CCCN(C)Cc1cccc(N)c1. The van der Waals surface area contributed by atoms with Gasteiger partial charge in [-0.2, -0.15) is 0 Å². The Morgan fingerprint density at radius 3 is 2.69 bits per heavy atom. The zero-order chi connectivity index (χ0) is 12.0. The number of hydrogen-bond donors (Lipinski definition) is 1. The molecule has 0 saturated carbocycles. The molecule has 16 heavy (non-hydrogen) atoms. The van der Waals surface area contributed by atoms with Crippen LogP contribution in [-0.2, 0) is 6.54 Å². The van der Waals surface area contributed by atoms with Gasteiger partial charge in [0.25, 0.3) is 0 Å². The van der Waals surface area contributed by atoms with Crippen molar-refractivity contribution in [3.05, 3.63) is 29.8 Å². The minimum absolute atomic E-state index is 0.806. The fraction of sp³-hybridized carbons (Fsp3) is 0.571. The summed E-state index contributed by atoms with van der Waals surface area (Å²) in [5.41, 5.74) is 7.91. The summed E-state index contributed by atoms with van der Waals surface area (Å²) in [5.74, 6) is 0.806. The second-order valence-electron chi connectivity index (χ2n) is 5.02. The lowest BCUT2D eigenvalue weighted by Gasteiger charge is -2.17. The molecule has 1 rings (SSSR count). The van der Waals surface area contributed by atoms with E-state index in [0.29, 0.717) is 0 Å². The van der Waals surface area contributed by atoms with Gasteiger partial charge in [0, 0.05) is 12.2 Å². The summed E-state index contributed by atoms with van der Waals surface area (Å²) in [5, 5.41) is 0. The van der Waals surface area contributed by atoms with E-state index in [4.69, 9.17) is 5.73 Å². The first-order chi connectivity index (χ1) is 7.58. The quantitative estimate of drug-likeness (QED) is 0.746. The van der Waals surface area contributed by atoms with Gasteiger partial charge in [-0.3, -0.25) is 0 Å². The highest BCUT2D eigenvalue weighted by Gasteiger charge is 2.01. The van der Waals surface area contributed by atoms with Crippen LogP contribution in [-0.4, -0.2) is 18.5 Å². The molecule has 0 saturated heterocycles. The Balaban J connectivity index is 2.31. The van der Waals surface area contributed by atoms with E-state index in [1.807, 2.05) is 12.1 Å². The number of nitrogen functional groups attached to an aromatic ring is 1. The van der Waals surface area contributed by atoms with E-state index in [0.717, 1.165) is 24.7 Å². The molecule has 0 radical (unpaired) electrons. The maximum Gasteiger partial charge on any atom is 0.0317 e. The standard InChI is InChI=1S/C14H24N2/c1-12(2)6-5-9-16(3)11-13-7-4-8-14(15)10-13/h4,7-8,10,12H,5-6,9,11,15H2,1-3H3. The molecule has 2 nitrogen and oxygen atoms in total. The van der Waals surface area contributed by atoms with Crippen molar-refractivity contribution in [3.8, 4) is 0 Å². The van der Waals surface area contributed by atoms with Crippen LogP contribution in [0.5, 0.6) is 0 Å². The van der Waals surface area contributed by atoms with Gasteiger partial charge in [-0.15, -0.1) is 0 Å². The molecular formula is C14H24N2. The average Bonchev–Trinajstić information content (AvgIpc) is 2.16. The van der Waals surface area contributed by atoms with Crippen LogP contribution in [0.1, 0.15) is 32.3 Å². The van der Waals surface area contributed by atoms with Crippen LogP contribution in [0, 0.1) is 5.92 Å². The van der Waals surface area contributed by atoms with Gasteiger partial charge in [0.15, 0.2) is 0 Å². The zero-order valence-corrected chi connectivity index (χ0v) is 10.7. The van der Waals surface area contributed by atoms with Crippen molar-refractivity contribution in [1.82, 2.24) is 4.90 Å². The van der Waals surface area contributed by atoms with E-state index in [2.05, 4.69) is 37.9 Å². The highest BCUT2D eigenvalue weighted by Crippen LogP contribution is 2.10. The molecule has 0 unspecified atom stereocenters. The molecule has 0 bridgehead atoms. The molecule has 0 amide bonds. The molecule has 0 aromatic heterocycles. The minimum atomic E-state index is 0.806. The van der Waals surface area contributed by atoms with E-state index in [-0.39, 0.29) is 0 Å². The lowest BCUT2D eigenvalue weighted by Crippen LogP contribution is -2.19. The van der Waals surface area contributed by atoms with Gasteiger partial charge in [0.2, 0.25) is 0 Å². The van der Waals surface area contributed by atoms with Crippen LogP contribution in [0.2, 0.25) is 0 Å². The molecule has 1 aromatic rings. The molecule has 2 heteroatoms. The van der Waals surface area contributed by atoms with Gasteiger partial charge in [0.05, 0.1) is 0 Å². The van der Waals surface area contributed by atoms with Crippen LogP contribution < -0.4 is 5.73 Å². The monoisotopic (exact) mass is 220 g/mol. The first kappa shape index (κ1) is 13.0. The van der Waals surface area contributed by atoms with Crippen molar-refractivity contribution in [2.75, 3.05) is 19.3 Å². The summed E-state index contributed by atoms with van der Waals surface area (Å²) in [7, 11) is 2.17. The third-order valence-electron chi connectivity index (χ3n) is 2.72. The second-order valence-corrected chi connectivity index (χ2v) is 5.02. The van der Waals surface area contributed by atoms with Gasteiger partial charge in [0.1, 0.15) is 0 Å². The van der Waals surface area contributed by atoms with Gasteiger partial charge in [-0.25, -0.2) is 0 Å². The molecule has 0 aliphatic carbocycles. The van der Waals surface area contributed by atoms with E-state index < -0.39 is 0 Å². The second kappa shape index (κ2) is 6.54. The highest BCUT2D eigenvalue weighted by molar-refractivity contribution is 5.40. The summed E-state index contributed by atoms with van der Waals surface area (Å²) in [6.45, 7) is 6.70. The van der Waals surface area contributed by atoms with Gasteiger partial charge < -0.3 is 10.6 Å². The van der Waals surface area contributed by atoms with Crippen molar-refractivity contribution in [1.29, 1.82) is 0 Å². The number of nitrogens with zero attached hydrogens (tertiary/aromatic N) is 1. The van der Waals surface area contributed by atoms with Crippen molar-refractivity contribution >= 4 is 5.69 Å². The van der Waals surface area contributed by atoms with Crippen LogP contribution >= 0.6 is 0 Å². The normalized spacial score (nSPS) is 11.3. The Morgan fingerprint density at radius 1 is 1.31 bits per heavy atom. The topological polar surface area (TPSA) is 29.3 Å². The molecule has 0 aliphatic heterocycles. The van der Waals surface area contributed by atoms with Gasteiger partial charge in [-0.1, -0.05) is 26.0 Å². The van der Waals surface area contributed by atoms with Gasteiger partial charge in [-0.05, 0) is 50.0 Å². The van der Waals surface area contributed by atoms with Gasteiger partial charge >= 0.3 is 0 Å². The Morgan fingerprint density at radius 2 is 2.06 bits per heavy atom. The largest absolute Gasteiger partial charge is 0.399 e. The number of anilines is 1. The van der Waals surface area contributed by atoms with Crippen LogP contribution in [0.3, 0.4) is 0 Å². The molecule has 0 fully saturated rings. The number of rotatable bonds is 6. The molecular weight excluding hydrogens is 196 g/mol. The predicted octanol–water partition coefficient (Wildman–Crippen LogP) is 3.14. The fourth-order valence-corrected chi connectivity index (χ4v) is 1.85. The number of hydrogen-bond acceptors (Lipinski definition) is 2. The van der Waals surface area contributed by atoms with Crippen molar-refractivity contribution < 1.29 is 0 Å². The Bertz CT molecular complexity index is 307. The molecule has 0 atom stereocenters. The smallest absolute Gasteiger partial charge is 0.0317 e. The average molecular weight is 220 g/mol. The summed E-state index contributed by atoms with van der Waals surface area (Å²) >= 11 is 0. The molecule has 90 valence electrons. The minimum Gasteiger partial charge on any atom is -0.399 e. The predicted molar refractivity (Wildman–Crippen MR) is 71.3 cm³/mol. The summed E-state index contributed by atoms with van der Waals surface area (Å²) in [6.07, 6.45) is 2.58. The van der Waals surface area contributed by atoms with Crippen molar-refractivity contribution in [2.24, 2.45) is 5.92 Å². The molecule has 2 N–H and O–H groups in total. The molecule has 0 heterocycles. The van der Waals surface area contributed by atoms with Crippen molar-refractivity contribution in [2.45, 2.75) is 33.2 Å². The van der Waals surface area contributed by atoms with Crippen LogP contribution in [0.25, 0.3) is 0 Å².